The van der Waals surface area contributed by atoms with Gasteiger partial charge in [0.2, 0.25) is 0 Å². The minimum Gasteiger partial charge on any atom is -0.320 e. The monoisotopic (exact) mass is 290 g/mol. The molecular formula is C17H26N2S. The van der Waals surface area contributed by atoms with Crippen LogP contribution >= 0.6 is 11.3 Å². The van der Waals surface area contributed by atoms with Crippen LogP contribution in [0, 0.1) is 23.7 Å². The van der Waals surface area contributed by atoms with Crippen LogP contribution in [-0.2, 0) is 6.54 Å². The Kier molecular flexibility index (Phi) is 6.09. The fourth-order valence-electron chi connectivity index (χ4n) is 2.93. The molecule has 2 rings (SSSR count). The molecule has 1 aliphatic rings. The summed E-state index contributed by atoms with van der Waals surface area (Å²) < 4.78 is 0. The maximum atomic E-state index is 5.46. The molecule has 3 heteroatoms. The van der Waals surface area contributed by atoms with Crippen molar-refractivity contribution in [1.29, 1.82) is 0 Å². The highest BCUT2D eigenvalue weighted by molar-refractivity contribution is 7.10. The van der Waals surface area contributed by atoms with Crippen LogP contribution in [0.3, 0.4) is 0 Å². The van der Waals surface area contributed by atoms with E-state index in [0.717, 1.165) is 18.4 Å². The molecule has 0 amide bonds. The van der Waals surface area contributed by atoms with Crippen LogP contribution in [0.5, 0.6) is 0 Å². The van der Waals surface area contributed by atoms with E-state index in [9.17, 15) is 0 Å². The van der Waals surface area contributed by atoms with E-state index in [2.05, 4.69) is 42.0 Å². The molecule has 0 saturated carbocycles. The topological polar surface area (TPSA) is 29.3 Å². The van der Waals surface area contributed by atoms with Gasteiger partial charge in [0.05, 0.1) is 6.54 Å². The van der Waals surface area contributed by atoms with E-state index in [-0.39, 0.29) is 0 Å². The van der Waals surface area contributed by atoms with Gasteiger partial charge in [-0.1, -0.05) is 25.7 Å². The molecule has 1 atom stereocenters. The largest absolute Gasteiger partial charge is 0.320 e. The predicted octanol–water partition coefficient (Wildman–Crippen LogP) is 3.32. The molecule has 110 valence electrons. The summed E-state index contributed by atoms with van der Waals surface area (Å²) in [5, 5.41) is 2.14. The first-order valence-electron chi connectivity index (χ1n) is 7.68. The smallest absolute Gasteiger partial charge is 0.0555 e. The Labute approximate surface area is 127 Å². The van der Waals surface area contributed by atoms with Crippen molar-refractivity contribution >= 4 is 11.3 Å². The molecule has 0 spiro atoms. The molecule has 2 N–H and O–H groups in total. The Morgan fingerprint density at radius 2 is 2.25 bits per heavy atom. The van der Waals surface area contributed by atoms with Crippen LogP contribution in [0.1, 0.15) is 43.6 Å². The van der Waals surface area contributed by atoms with Gasteiger partial charge in [-0.3, -0.25) is 4.90 Å². The van der Waals surface area contributed by atoms with E-state index in [1.165, 1.54) is 42.8 Å². The number of hydrogen-bond acceptors (Lipinski definition) is 3. The van der Waals surface area contributed by atoms with Crippen LogP contribution in [-0.4, -0.2) is 24.5 Å². The molecular weight excluding hydrogens is 264 g/mol. The SMILES string of the molecule is CC(C)C1CCCN(Cc2sccc2C#CCN)CC1. The molecule has 20 heavy (non-hydrogen) atoms. The van der Waals surface area contributed by atoms with E-state index in [0.29, 0.717) is 6.54 Å². The molecule has 0 bridgehead atoms. The van der Waals surface area contributed by atoms with Crippen molar-refractivity contribution < 1.29 is 0 Å². The Balaban J connectivity index is 1.95. The number of likely N-dealkylation sites (tertiary alicyclic amines) is 1. The zero-order valence-electron chi connectivity index (χ0n) is 12.7. The number of rotatable bonds is 3. The van der Waals surface area contributed by atoms with E-state index in [4.69, 9.17) is 5.73 Å². The van der Waals surface area contributed by atoms with E-state index >= 15 is 0 Å². The molecule has 2 nitrogen and oxygen atoms in total. The minimum atomic E-state index is 0.440. The molecule has 1 aliphatic heterocycles. The molecule has 2 heterocycles. The molecule has 1 aromatic rings. The minimum absolute atomic E-state index is 0.440. The van der Waals surface area contributed by atoms with Crippen molar-refractivity contribution in [3.05, 3.63) is 21.9 Å². The summed E-state index contributed by atoms with van der Waals surface area (Å²) in [6.07, 6.45) is 4.06. The summed E-state index contributed by atoms with van der Waals surface area (Å²) in [6.45, 7) is 8.67. The highest BCUT2D eigenvalue weighted by Crippen LogP contribution is 2.26. The fourth-order valence-corrected chi connectivity index (χ4v) is 3.80. The van der Waals surface area contributed by atoms with Crippen molar-refractivity contribution in [1.82, 2.24) is 4.90 Å². The lowest BCUT2D eigenvalue weighted by Gasteiger charge is -2.21. The number of hydrogen-bond donors (Lipinski definition) is 1. The second-order valence-electron chi connectivity index (χ2n) is 5.97. The number of nitrogens with two attached hydrogens (primary N) is 1. The van der Waals surface area contributed by atoms with Crippen LogP contribution in [0.4, 0.5) is 0 Å². The van der Waals surface area contributed by atoms with Gasteiger partial charge in [-0.25, -0.2) is 0 Å². The zero-order chi connectivity index (χ0) is 14.4. The normalized spacial score (nSPS) is 20.5. The van der Waals surface area contributed by atoms with E-state index in [1.54, 1.807) is 0 Å². The van der Waals surface area contributed by atoms with Gasteiger partial charge >= 0.3 is 0 Å². The average molecular weight is 290 g/mol. The molecule has 1 fully saturated rings. The summed E-state index contributed by atoms with van der Waals surface area (Å²) in [7, 11) is 0. The van der Waals surface area contributed by atoms with Gasteiger partial charge in [0, 0.05) is 17.0 Å². The van der Waals surface area contributed by atoms with Crippen molar-refractivity contribution in [2.75, 3.05) is 19.6 Å². The van der Waals surface area contributed by atoms with Crippen molar-refractivity contribution in [2.45, 2.75) is 39.7 Å². The van der Waals surface area contributed by atoms with Crippen molar-refractivity contribution in [3.63, 3.8) is 0 Å². The second-order valence-corrected chi connectivity index (χ2v) is 6.98. The van der Waals surface area contributed by atoms with E-state index < -0.39 is 0 Å². The maximum absolute atomic E-state index is 5.46. The molecule has 0 radical (unpaired) electrons. The van der Waals surface area contributed by atoms with Gasteiger partial charge in [-0.15, -0.1) is 11.3 Å². The average Bonchev–Trinajstić information content (AvgIpc) is 2.71. The zero-order valence-corrected chi connectivity index (χ0v) is 13.5. The third-order valence-corrected chi connectivity index (χ3v) is 5.15. The lowest BCUT2D eigenvalue weighted by Crippen LogP contribution is -2.24. The highest BCUT2D eigenvalue weighted by Gasteiger charge is 2.20. The van der Waals surface area contributed by atoms with Gasteiger partial charge in [-0.05, 0) is 55.6 Å². The first kappa shape index (κ1) is 15.6. The van der Waals surface area contributed by atoms with Crippen molar-refractivity contribution in [2.24, 2.45) is 17.6 Å². The lowest BCUT2D eigenvalue weighted by molar-refractivity contribution is 0.266. The molecule has 0 aliphatic carbocycles. The Bertz CT molecular complexity index is 467. The van der Waals surface area contributed by atoms with Gasteiger partial charge in [0.1, 0.15) is 0 Å². The summed E-state index contributed by atoms with van der Waals surface area (Å²) in [4.78, 5) is 4.00. The summed E-state index contributed by atoms with van der Waals surface area (Å²) in [5.74, 6) is 7.89. The van der Waals surface area contributed by atoms with Gasteiger partial charge in [0.25, 0.3) is 0 Å². The third-order valence-electron chi connectivity index (χ3n) is 4.25. The summed E-state index contributed by atoms with van der Waals surface area (Å²) in [5.41, 5.74) is 6.63. The molecule has 1 aromatic heterocycles. The quantitative estimate of drug-likeness (QED) is 0.865. The maximum Gasteiger partial charge on any atom is 0.0555 e. The van der Waals surface area contributed by atoms with Crippen LogP contribution in [0.15, 0.2) is 11.4 Å². The molecule has 1 saturated heterocycles. The Hall–Kier alpha value is -0.820. The first-order valence-corrected chi connectivity index (χ1v) is 8.56. The van der Waals surface area contributed by atoms with Crippen molar-refractivity contribution in [3.8, 4) is 11.8 Å². The first-order chi connectivity index (χ1) is 9.70. The Morgan fingerprint density at radius 1 is 1.40 bits per heavy atom. The summed E-state index contributed by atoms with van der Waals surface area (Å²) >= 11 is 1.82. The third kappa shape index (κ3) is 4.34. The number of thiophene rings is 1. The lowest BCUT2D eigenvalue weighted by atomic mass is 9.89. The second kappa shape index (κ2) is 7.83. The number of nitrogens with zero attached hydrogens (tertiary/aromatic N) is 1. The molecule has 1 unspecified atom stereocenters. The molecule has 0 aromatic carbocycles. The van der Waals surface area contributed by atoms with E-state index in [1.807, 2.05) is 11.3 Å². The summed E-state index contributed by atoms with van der Waals surface area (Å²) in [6, 6.07) is 2.12. The van der Waals surface area contributed by atoms with Gasteiger partial charge in [0.15, 0.2) is 0 Å². The van der Waals surface area contributed by atoms with Crippen LogP contribution in [0.25, 0.3) is 0 Å². The predicted molar refractivity (Wildman–Crippen MR) is 87.7 cm³/mol. The van der Waals surface area contributed by atoms with Crippen LogP contribution < -0.4 is 5.73 Å². The van der Waals surface area contributed by atoms with Gasteiger partial charge in [-0.2, -0.15) is 0 Å². The standard InChI is InChI=1S/C17H26N2S/c1-14(2)15-6-4-10-19(11-7-15)13-17-16(5-3-9-18)8-12-20-17/h8,12,14-15H,4,6-7,9-11,13,18H2,1-2H3. The fraction of sp³-hybridized carbons (Fsp3) is 0.647. The highest BCUT2D eigenvalue weighted by atomic mass is 32.1. The van der Waals surface area contributed by atoms with Crippen LogP contribution in [0.2, 0.25) is 0 Å². The van der Waals surface area contributed by atoms with Gasteiger partial charge < -0.3 is 5.73 Å². The Morgan fingerprint density at radius 3 is 3.00 bits per heavy atom.